The van der Waals surface area contributed by atoms with Gasteiger partial charge >= 0.3 is 0 Å². The first-order valence-corrected chi connectivity index (χ1v) is 2.47. The van der Waals surface area contributed by atoms with Crippen LogP contribution in [0.1, 0.15) is 0 Å². The van der Waals surface area contributed by atoms with Gasteiger partial charge in [0.2, 0.25) is 0 Å². The summed E-state index contributed by atoms with van der Waals surface area (Å²) in [5.74, 6) is 0. The normalized spacial score (nSPS) is 9.88. The minimum absolute atomic E-state index is 0.0235. The number of aliphatic hydroxyl groups is 1. The highest BCUT2D eigenvalue weighted by Gasteiger charge is 1.91. The Morgan fingerprint density at radius 1 is 1.62 bits per heavy atom. The zero-order valence-corrected chi connectivity index (χ0v) is 4.75. The molecule has 0 aliphatic carbocycles. The molecule has 3 heteroatoms. The van der Waals surface area contributed by atoms with Gasteiger partial charge in [0.1, 0.15) is 0 Å². The lowest BCUT2D eigenvalue weighted by Crippen LogP contribution is -2.22. The second-order valence-corrected chi connectivity index (χ2v) is 1.42. The van der Waals surface area contributed by atoms with Gasteiger partial charge in [0, 0.05) is 13.1 Å². The summed E-state index contributed by atoms with van der Waals surface area (Å²) in [6.07, 6.45) is 1.57. The van der Waals surface area contributed by atoms with Crippen molar-refractivity contribution in [1.82, 2.24) is 5.06 Å². The number of aliphatic hydroxyl groups excluding tert-OH is 1. The van der Waals surface area contributed by atoms with E-state index in [1.165, 1.54) is 0 Å². The standard InChI is InChI=1S/C5H11NO2/c1-2-3-6(8)4-5-7/h2,7-8H,1,3-5H2. The number of rotatable bonds is 4. The predicted molar refractivity (Wildman–Crippen MR) is 30.6 cm³/mol. The van der Waals surface area contributed by atoms with Crippen LogP contribution in [0.3, 0.4) is 0 Å². The maximum atomic E-state index is 8.65. The maximum absolute atomic E-state index is 8.65. The molecule has 0 saturated carbocycles. The summed E-state index contributed by atoms with van der Waals surface area (Å²) in [6.45, 7) is 4.06. The van der Waals surface area contributed by atoms with E-state index in [1.54, 1.807) is 6.08 Å². The van der Waals surface area contributed by atoms with E-state index < -0.39 is 0 Å². The first-order valence-electron chi connectivity index (χ1n) is 2.47. The minimum Gasteiger partial charge on any atom is -0.395 e. The van der Waals surface area contributed by atoms with Crippen molar-refractivity contribution in [1.29, 1.82) is 0 Å². The van der Waals surface area contributed by atoms with Crippen LogP contribution in [0.2, 0.25) is 0 Å². The van der Waals surface area contributed by atoms with Crippen molar-refractivity contribution in [3.63, 3.8) is 0 Å². The van der Waals surface area contributed by atoms with Gasteiger partial charge in [-0.25, -0.2) is 0 Å². The largest absolute Gasteiger partial charge is 0.395 e. The Bertz CT molecular complexity index is 65.4. The SMILES string of the molecule is C=CCN(O)CCO. The molecule has 0 aliphatic heterocycles. The molecule has 0 rings (SSSR count). The van der Waals surface area contributed by atoms with E-state index in [2.05, 4.69) is 6.58 Å². The second-order valence-electron chi connectivity index (χ2n) is 1.42. The summed E-state index contributed by atoms with van der Waals surface area (Å²) in [5.41, 5.74) is 0. The monoisotopic (exact) mass is 117 g/mol. The smallest absolute Gasteiger partial charge is 0.0581 e. The minimum atomic E-state index is -0.0235. The lowest BCUT2D eigenvalue weighted by molar-refractivity contribution is -0.0881. The van der Waals surface area contributed by atoms with Gasteiger partial charge in [0.05, 0.1) is 6.61 Å². The highest BCUT2D eigenvalue weighted by Crippen LogP contribution is 1.77. The summed E-state index contributed by atoms with van der Waals surface area (Å²) in [6, 6.07) is 0. The van der Waals surface area contributed by atoms with Crippen LogP contribution in [-0.4, -0.2) is 35.1 Å². The maximum Gasteiger partial charge on any atom is 0.0581 e. The van der Waals surface area contributed by atoms with Crippen LogP contribution in [0.15, 0.2) is 12.7 Å². The number of hydrogen-bond acceptors (Lipinski definition) is 3. The van der Waals surface area contributed by atoms with Crippen LogP contribution >= 0.6 is 0 Å². The first-order chi connectivity index (χ1) is 3.81. The fraction of sp³-hybridized carbons (Fsp3) is 0.600. The molecule has 0 atom stereocenters. The average molecular weight is 117 g/mol. The Morgan fingerprint density at radius 3 is 2.62 bits per heavy atom. The van der Waals surface area contributed by atoms with Gasteiger partial charge in [0.25, 0.3) is 0 Å². The molecule has 3 nitrogen and oxygen atoms in total. The molecular weight excluding hydrogens is 106 g/mol. The Hall–Kier alpha value is -0.380. The molecule has 0 radical (unpaired) electrons. The van der Waals surface area contributed by atoms with Crippen molar-refractivity contribution >= 4 is 0 Å². The topological polar surface area (TPSA) is 43.7 Å². The van der Waals surface area contributed by atoms with Crippen molar-refractivity contribution in [2.45, 2.75) is 0 Å². The summed E-state index contributed by atoms with van der Waals surface area (Å²) < 4.78 is 0. The molecular formula is C5H11NO2. The van der Waals surface area contributed by atoms with Gasteiger partial charge in [-0.3, -0.25) is 0 Å². The third-order valence-electron chi connectivity index (χ3n) is 0.698. The molecule has 0 spiro atoms. The van der Waals surface area contributed by atoms with Crippen LogP contribution in [0.4, 0.5) is 0 Å². The quantitative estimate of drug-likeness (QED) is 0.398. The molecule has 0 heterocycles. The van der Waals surface area contributed by atoms with Gasteiger partial charge in [-0.05, 0) is 0 Å². The summed E-state index contributed by atoms with van der Waals surface area (Å²) >= 11 is 0. The zero-order valence-electron chi connectivity index (χ0n) is 4.75. The first kappa shape index (κ1) is 7.62. The number of nitrogens with zero attached hydrogens (tertiary/aromatic N) is 1. The fourth-order valence-corrected chi connectivity index (χ4v) is 0.356. The molecule has 48 valence electrons. The average Bonchev–Trinajstić information content (AvgIpc) is 1.68. The molecule has 0 aromatic rings. The third kappa shape index (κ3) is 3.80. The van der Waals surface area contributed by atoms with Gasteiger partial charge in [0.15, 0.2) is 0 Å². The zero-order chi connectivity index (χ0) is 6.41. The van der Waals surface area contributed by atoms with Crippen LogP contribution in [0.5, 0.6) is 0 Å². The van der Waals surface area contributed by atoms with Gasteiger partial charge < -0.3 is 10.3 Å². The summed E-state index contributed by atoms with van der Waals surface area (Å²) in [4.78, 5) is 0. The van der Waals surface area contributed by atoms with E-state index in [0.29, 0.717) is 6.54 Å². The van der Waals surface area contributed by atoms with Crippen molar-refractivity contribution in [3.8, 4) is 0 Å². The Balaban J connectivity index is 3.03. The lowest BCUT2D eigenvalue weighted by atomic mass is 10.6. The van der Waals surface area contributed by atoms with Crippen molar-refractivity contribution in [2.75, 3.05) is 19.7 Å². The molecule has 0 aliphatic rings. The number of hydrogen-bond donors (Lipinski definition) is 2. The Kier molecular flexibility index (Phi) is 4.54. The summed E-state index contributed by atoms with van der Waals surface area (Å²) in [5, 5.41) is 17.9. The molecule has 0 saturated heterocycles. The molecule has 0 unspecified atom stereocenters. The van der Waals surface area contributed by atoms with Crippen molar-refractivity contribution in [3.05, 3.63) is 12.7 Å². The molecule has 0 bridgehead atoms. The molecule has 0 aromatic carbocycles. The van der Waals surface area contributed by atoms with Crippen molar-refractivity contribution in [2.24, 2.45) is 0 Å². The Labute approximate surface area is 48.8 Å². The molecule has 0 aromatic heterocycles. The highest BCUT2D eigenvalue weighted by atomic mass is 16.5. The molecule has 0 amide bonds. The molecule has 8 heavy (non-hydrogen) atoms. The fourth-order valence-electron chi connectivity index (χ4n) is 0.356. The van der Waals surface area contributed by atoms with E-state index in [4.69, 9.17) is 10.3 Å². The second kappa shape index (κ2) is 4.77. The van der Waals surface area contributed by atoms with Crippen LogP contribution in [-0.2, 0) is 0 Å². The van der Waals surface area contributed by atoms with Gasteiger partial charge in [-0.15, -0.1) is 6.58 Å². The lowest BCUT2D eigenvalue weighted by Gasteiger charge is -2.08. The van der Waals surface area contributed by atoms with Gasteiger partial charge in [-0.1, -0.05) is 6.08 Å². The third-order valence-corrected chi connectivity index (χ3v) is 0.698. The Morgan fingerprint density at radius 2 is 2.25 bits per heavy atom. The predicted octanol–water partition coefficient (Wildman–Crippen LogP) is -0.144. The molecule has 0 fully saturated rings. The van der Waals surface area contributed by atoms with E-state index in [0.717, 1.165) is 5.06 Å². The highest BCUT2D eigenvalue weighted by molar-refractivity contribution is 4.68. The van der Waals surface area contributed by atoms with Crippen LogP contribution in [0, 0.1) is 0 Å². The van der Waals surface area contributed by atoms with Gasteiger partial charge in [-0.2, -0.15) is 5.06 Å². The van der Waals surface area contributed by atoms with Crippen molar-refractivity contribution < 1.29 is 10.3 Å². The van der Waals surface area contributed by atoms with Crippen LogP contribution in [0.25, 0.3) is 0 Å². The summed E-state index contributed by atoms with van der Waals surface area (Å²) in [7, 11) is 0. The van der Waals surface area contributed by atoms with E-state index >= 15 is 0 Å². The van der Waals surface area contributed by atoms with Crippen LogP contribution < -0.4 is 0 Å². The van der Waals surface area contributed by atoms with E-state index in [9.17, 15) is 0 Å². The number of hydroxylamine groups is 2. The van der Waals surface area contributed by atoms with E-state index in [-0.39, 0.29) is 13.2 Å². The molecule has 2 N–H and O–H groups in total. The van der Waals surface area contributed by atoms with E-state index in [1.807, 2.05) is 0 Å².